The molecule has 0 aliphatic heterocycles. The van der Waals surface area contributed by atoms with Crippen LogP contribution in [0.25, 0.3) is 0 Å². The minimum absolute atomic E-state index is 0. The van der Waals surface area contributed by atoms with Crippen LogP contribution < -0.4 is 0 Å². The largest absolute Gasteiger partial charge is 2.00 e. The van der Waals surface area contributed by atoms with Gasteiger partial charge in [0.25, 0.3) is 0 Å². The summed E-state index contributed by atoms with van der Waals surface area (Å²) >= 11 is 0. The van der Waals surface area contributed by atoms with Crippen LogP contribution >= 0.6 is 24.8 Å². The molecule has 0 fully saturated rings. The van der Waals surface area contributed by atoms with Gasteiger partial charge in [0.1, 0.15) is 9.29 Å². The monoisotopic (exact) mass is 533 g/mol. The minimum atomic E-state index is -2.99. The topological polar surface area (TPSA) is 34.1 Å². The Balaban J connectivity index is -0.000000335. The van der Waals surface area contributed by atoms with Gasteiger partial charge in [0.15, 0.2) is 9.39 Å². The van der Waals surface area contributed by atoms with Gasteiger partial charge in [-0.1, -0.05) is 44.4 Å². The average Bonchev–Trinajstić information content (AvgIpc) is 3.18. The fourth-order valence-corrected chi connectivity index (χ4v) is 3.38. The molecule has 28 heavy (non-hydrogen) atoms. The van der Waals surface area contributed by atoms with Gasteiger partial charge in [-0.05, 0) is 19.1 Å². The van der Waals surface area contributed by atoms with Crippen molar-refractivity contribution in [2.24, 2.45) is 5.92 Å². The Labute approximate surface area is 205 Å². The number of hydrogen-bond acceptors (Lipinski definition) is 2. The van der Waals surface area contributed by atoms with E-state index in [0.29, 0.717) is 10.8 Å². The quantitative estimate of drug-likeness (QED) is 0.367. The maximum absolute atomic E-state index is 11.0. The maximum atomic E-state index is 11.0. The zero-order valence-corrected chi connectivity index (χ0v) is 23.4. The van der Waals surface area contributed by atoms with Crippen molar-refractivity contribution in [3.63, 3.8) is 0 Å². The molecule has 0 bridgehead atoms. The van der Waals surface area contributed by atoms with Crippen LogP contribution in [0, 0.1) is 25.0 Å². The minimum Gasteiger partial charge on any atom is -0.273 e. The SMILES string of the molecule is CC1=[C-]C(C)C(C)=C1C.Cc1ccc(S(=O)(=O)[SiH2])cc1.Cl.Cl.[C-]1=CC=CC1.[Zr+2]. The molecule has 1 aromatic carbocycles. The van der Waals surface area contributed by atoms with Crippen LogP contribution in [0.4, 0.5) is 0 Å². The molecule has 0 amide bonds. The molecule has 3 rings (SSSR count). The second kappa shape index (κ2) is 15.6. The van der Waals surface area contributed by atoms with Crippen LogP contribution in [-0.2, 0) is 35.5 Å². The molecule has 0 spiro atoms. The smallest absolute Gasteiger partial charge is 0.273 e. The van der Waals surface area contributed by atoms with E-state index in [9.17, 15) is 8.42 Å². The van der Waals surface area contributed by atoms with Gasteiger partial charge in [-0.25, -0.2) is 26.1 Å². The van der Waals surface area contributed by atoms with Crippen LogP contribution in [0.3, 0.4) is 0 Å². The fraction of sp³-hybridized carbons (Fsp3) is 0.333. The number of allylic oxidation sites excluding steroid dienone is 8. The van der Waals surface area contributed by atoms with Crippen molar-refractivity contribution in [1.82, 2.24) is 0 Å². The van der Waals surface area contributed by atoms with Crippen molar-refractivity contribution < 1.29 is 34.6 Å². The van der Waals surface area contributed by atoms with Crippen LogP contribution in [0.5, 0.6) is 0 Å². The molecular formula is C21H29Cl2O2SSiZr. The first-order valence-electron chi connectivity index (χ1n) is 8.27. The summed E-state index contributed by atoms with van der Waals surface area (Å²) in [6, 6.07) is 6.83. The molecule has 7 heteroatoms. The first-order valence-corrected chi connectivity index (χ1v) is 11.7. The van der Waals surface area contributed by atoms with Crippen molar-refractivity contribution in [2.45, 2.75) is 45.9 Å². The molecule has 1 aromatic rings. The summed E-state index contributed by atoms with van der Waals surface area (Å²) in [7, 11) is -1.99. The molecule has 1 radical (unpaired) electrons. The van der Waals surface area contributed by atoms with Crippen LogP contribution in [0.2, 0.25) is 0 Å². The van der Waals surface area contributed by atoms with E-state index >= 15 is 0 Å². The molecule has 0 heterocycles. The van der Waals surface area contributed by atoms with E-state index in [0.717, 1.165) is 21.4 Å². The summed E-state index contributed by atoms with van der Waals surface area (Å²) in [6.07, 6.45) is 13.4. The van der Waals surface area contributed by atoms with Gasteiger partial charge < -0.3 is 0 Å². The van der Waals surface area contributed by atoms with Gasteiger partial charge in [0.2, 0.25) is 0 Å². The molecule has 0 N–H and O–H groups in total. The number of hydrogen-bond donors (Lipinski definition) is 0. The second-order valence-electron chi connectivity index (χ2n) is 6.23. The number of benzene rings is 1. The summed E-state index contributed by atoms with van der Waals surface area (Å²) in [5.41, 5.74) is 5.32. The average molecular weight is 536 g/mol. The van der Waals surface area contributed by atoms with Crippen molar-refractivity contribution in [3.8, 4) is 0 Å². The first kappa shape index (κ1) is 32.5. The van der Waals surface area contributed by atoms with Crippen molar-refractivity contribution in [3.05, 3.63) is 76.9 Å². The van der Waals surface area contributed by atoms with Crippen LogP contribution in [0.1, 0.15) is 39.7 Å². The fourth-order valence-electron chi connectivity index (χ4n) is 2.25. The number of halogens is 2. The molecule has 0 aromatic heterocycles. The standard InChI is InChI=1S/C9H13.C7H9O2SSi.C5H5.2ClH.Zr/c1-6-5-7(2)9(4)8(6)3;1-6-2-4-7(5-3-6)10(8,9)11;1-2-4-5-3-1;;;/h6H,1-4H3;2-5H,11H2,1H3;1-3H,4H2;2*1H;/q-1;;-1;;;+2. The van der Waals surface area contributed by atoms with E-state index in [1.165, 1.54) is 16.7 Å². The van der Waals surface area contributed by atoms with Crippen molar-refractivity contribution in [2.75, 3.05) is 0 Å². The molecule has 2 aliphatic rings. The van der Waals surface area contributed by atoms with Gasteiger partial charge in [-0.2, -0.15) is 17.2 Å². The van der Waals surface area contributed by atoms with Crippen molar-refractivity contribution in [1.29, 1.82) is 0 Å². The molecule has 0 saturated carbocycles. The third-order valence-electron chi connectivity index (χ3n) is 4.20. The molecular weight excluding hydrogens is 507 g/mol. The van der Waals surface area contributed by atoms with Crippen molar-refractivity contribution >= 4 is 43.5 Å². The Morgan fingerprint density at radius 3 is 1.79 bits per heavy atom. The van der Waals surface area contributed by atoms with Gasteiger partial charge in [-0.15, -0.1) is 38.2 Å². The predicted octanol–water partition coefficient (Wildman–Crippen LogP) is 5.19. The van der Waals surface area contributed by atoms with Crippen LogP contribution in [-0.4, -0.2) is 17.8 Å². The van der Waals surface area contributed by atoms with E-state index < -0.39 is 9.29 Å². The van der Waals surface area contributed by atoms with E-state index in [-0.39, 0.29) is 51.0 Å². The Hall–Kier alpha value is -0.190. The summed E-state index contributed by atoms with van der Waals surface area (Å²) in [5.74, 6) is 0.560. The number of rotatable bonds is 1. The molecule has 153 valence electrons. The van der Waals surface area contributed by atoms with E-state index in [4.69, 9.17) is 0 Å². The zero-order chi connectivity index (χ0) is 19.0. The summed E-state index contributed by atoms with van der Waals surface area (Å²) in [5, 5.41) is 0. The zero-order valence-electron chi connectivity index (χ0n) is 17.1. The Morgan fingerprint density at radius 2 is 1.57 bits per heavy atom. The normalized spacial score (nSPS) is 16.4. The Bertz CT molecular complexity index is 801. The molecule has 2 aliphatic carbocycles. The van der Waals surface area contributed by atoms with E-state index in [2.05, 4.69) is 45.9 Å². The maximum Gasteiger partial charge on any atom is 2.00 e. The predicted molar refractivity (Wildman–Crippen MR) is 123 cm³/mol. The Morgan fingerprint density at radius 1 is 1.04 bits per heavy atom. The van der Waals surface area contributed by atoms with Gasteiger partial charge in [0, 0.05) is 0 Å². The third-order valence-corrected chi connectivity index (χ3v) is 6.19. The van der Waals surface area contributed by atoms with E-state index in [1.807, 2.05) is 19.1 Å². The summed E-state index contributed by atoms with van der Waals surface area (Å²) < 4.78 is 21.9. The summed E-state index contributed by atoms with van der Waals surface area (Å²) in [6.45, 7) is 10.6. The van der Waals surface area contributed by atoms with Crippen LogP contribution in [0.15, 0.2) is 64.1 Å². The second-order valence-corrected chi connectivity index (χ2v) is 10.2. The summed E-state index contributed by atoms with van der Waals surface area (Å²) in [4.78, 5) is 0.390. The molecule has 0 saturated heterocycles. The number of aryl methyl sites for hydroxylation is 1. The molecule has 1 atom stereocenters. The van der Waals surface area contributed by atoms with Gasteiger partial charge in [0.05, 0.1) is 4.90 Å². The molecule has 2 nitrogen and oxygen atoms in total. The first-order chi connectivity index (χ1) is 11.6. The Kier molecular flexibility index (Phi) is 18.1. The third kappa shape index (κ3) is 11.7. The van der Waals surface area contributed by atoms with E-state index in [1.54, 1.807) is 24.3 Å². The molecule has 1 unspecified atom stereocenters. The van der Waals surface area contributed by atoms with Gasteiger partial charge in [-0.3, -0.25) is 12.2 Å². The van der Waals surface area contributed by atoms with Gasteiger partial charge >= 0.3 is 26.2 Å².